The summed E-state index contributed by atoms with van der Waals surface area (Å²) < 4.78 is 0. The molecule has 5 fully saturated rings. The highest BCUT2D eigenvalue weighted by molar-refractivity contribution is 6.01. The molecule has 0 radical (unpaired) electrons. The van der Waals surface area contributed by atoms with Gasteiger partial charge in [-0.3, -0.25) is 4.79 Å². The van der Waals surface area contributed by atoms with Crippen LogP contribution in [0.3, 0.4) is 0 Å². The Bertz CT molecular complexity index is 1200. The number of carboxylic acids is 1. The lowest BCUT2D eigenvalue weighted by molar-refractivity contribution is -0.480. The summed E-state index contributed by atoms with van der Waals surface area (Å²) in [5.74, 6) is 1.67. The minimum atomic E-state index is -1.00. The van der Waals surface area contributed by atoms with Crippen LogP contribution < -0.4 is 10.6 Å². The highest BCUT2D eigenvalue weighted by Gasteiger charge is 2.95. The van der Waals surface area contributed by atoms with Gasteiger partial charge in [-0.2, -0.15) is 0 Å². The van der Waals surface area contributed by atoms with E-state index in [1.54, 1.807) is 12.1 Å². The second-order valence-electron chi connectivity index (χ2n) is 11.8. The average molecular weight is 473 g/mol. The number of hydrogen-bond donors (Lipinski definition) is 4. The number of rotatable bonds is 6. The Morgan fingerprint density at radius 3 is 2.29 bits per heavy atom. The number of piperidine rings is 1. The summed E-state index contributed by atoms with van der Waals surface area (Å²) in [6.07, 6.45) is 3.36. The van der Waals surface area contributed by atoms with E-state index in [9.17, 15) is 19.8 Å². The molecule has 1 saturated heterocycles. The second-order valence-corrected chi connectivity index (χ2v) is 11.8. The molecule has 4 unspecified atom stereocenters. The van der Waals surface area contributed by atoms with Gasteiger partial charge in [-0.25, -0.2) is 4.79 Å². The molecule has 0 aromatic heterocycles. The molecule has 0 bridgehead atoms. The van der Waals surface area contributed by atoms with Crippen molar-refractivity contribution in [1.82, 2.24) is 5.32 Å². The van der Waals surface area contributed by atoms with Crippen LogP contribution in [-0.2, 0) is 4.79 Å². The first-order valence-corrected chi connectivity index (χ1v) is 13.0. The third-order valence-electron chi connectivity index (χ3n) is 10.7. The number of aliphatic hydroxyl groups excluding tert-OH is 1. The number of amides is 1. The van der Waals surface area contributed by atoms with Crippen LogP contribution in [0, 0.1) is 40.4 Å². The summed E-state index contributed by atoms with van der Waals surface area (Å²) in [7, 11) is 0. The monoisotopic (exact) mass is 472 g/mol. The van der Waals surface area contributed by atoms with E-state index in [1.165, 1.54) is 5.56 Å². The summed E-state index contributed by atoms with van der Waals surface area (Å²) in [6, 6.07) is 13.6. The maximum Gasteiger partial charge on any atom is 0.335 e. The van der Waals surface area contributed by atoms with Gasteiger partial charge in [-0.1, -0.05) is 31.2 Å². The fourth-order valence-corrected chi connectivity index (χ4v) is 9.12. The van der Waals surface area contributed by atoms with Crippen molar-refractivity contribution in [1.29, 1.82) is 0 Å². The zero-order valence-electron chi connectivity index (χ0n) is 20.0. The molecule has 4 atom stereocenters. The molecule has 1 amide bonds. The van der Waals surface area contributed by atoms with Crippen LogP contribution in [0.4, 0.5) is 5.69 Å². The van der Waals surface area contributed by atoms with Crippen molar-refractivity contribution >= 4 is 17.6 Å². The fourth-order valence-electron chi connectivity index (χ4n) is 9.12. The zero-order chi connectivity index (χ0) is 24.1. The number of benzene rings is 2. The van der Waals surface area contributed by atoms with Crippen LogP contribution in [0.2, 0.25) is 0 Å². The molecular formula is C29H32N2O4. The van der Waals surface area contributed by atoms with E-state index in [0.29, 0.717) is 41.2 Å². The van der Waals surface area contributed by atoms with Crippen LogP contribution >= 0.6 is 0 Å². The lowest BCUT2D eigenvalue weighted by Crippen LogP contribution is -2.95. The molecule has 6 heteroatoms. The maximum absolute atomic E-state index is 13.5. The summed E-state index contributed by atoms with van der Waals surface area (Å²) in [6.45, 7) is 4.48. The number of carbonyl (C=O) groups is 2. The molecule has 1 heterocycles. The Morgan fingerprint density at radius 1 is 1.00 bits per heavy atom. The highest BCUT2D eigenvalue weighted by atomic mass is 16.4. The van der Waals surface area contributed by atoms with Gasteiger partial charge in [0.15, 0.2) is 0 Å². The molecule has 1 aliphatic heterocycles. The van der Waals surface area contributed by atoms with Crippen LogP contribution in [0.1, 0.15) is 48.0 Å². The lowest BCUT2D eigenvalue weighted by atomic mass is 9.08. The number of fused-ring (bicyclic) bond motifs is 2. The Morgan fingerprint density at radius 2 is 1.69 bits per heavy atom. The Balaban J connectivity index is 1.14. The minimum absolute atomic E-state index is 0.00300. The second kappa shape index (κ2) is 7.17. The van der Waals surface area contributed by atoms with Gasteiger partial charge in [0, 0.05) is 12.3 Å². The quantitative estimate of drug-likeness (QED) is 0.510. The van der Waals surface area contributed by atoms with Crippen molar-refractivity contribution in [3.8, 4) is 11.1 Å². The van der Waals surface area contributed by atoms with E-state index in [-0.39, 0.29) is 28.9 Å². The van der Waals surface area contributed by atoms with Crippen molar-refractivity contribution in [3.05, 3.63) is 53.6 Å². The molecule has 2 aromatic rings. The van der Waals surface area contributed by atoms with Crippen LogP contribution in [0.5, 0.6) is 0 Å². The summed E-state index contributed by atoms with van der Waals surface area (Å²) in [5.41, 5.74) is 3.53. The smallest absolute Gasteiger partial charge is 0.335 e. The van der Waals surface area contributed by atoms with E-state index in [2.05, 4.69) is 41.8 Å². The number of aromatic carboxylic acids is 1. The van der Waals surface area contributed by atoms with Crippen molar-refractivity contribution in [2.24, 2.45) is 40.4 Å². The third-order valence-corrected chi connectivity index (χ3v) is 10.7. The standard InChI is InChI=1S/C29H32N2O4/c1-28(14-32)23-21-13-22-24(28)25(23)29(21,22)27(35)31-20-11-18(10-19(12-20)26(33)34)16-4-2-15(3-5-16)17-6-8-30-9-7-17/h2-5,10-12,17,21-25,30,32H,6-9,13-14H2,1H3,(H,31,35)(H,33,34). The van der Waals surface area contributed by atoms with E-state index in [4.69, 9.17) is 0 Å². The predicted octanol–water partition coefficient (Wildman–Crippen LogP) is 3.97. The van der Waals surface area contributed by atoms with Gasteiger partial charge in [0.2, 0.25) is 5.91 Å². The minimum Gasteiger partial charge on any atom is -0.478 e. The molecular weight excluding hydrogens is 440 g/mol. The molecule has 35 heavy (non-hydrogen) atoms. The van der Waals surface area contributed by atoms with Gasteiger partial charge in [-0.15, -0.1) is 0 Å². The van der Waals surface area contributed by atoms with Gasteiger partial charge in [-0.05, 0) is 108 Å². The number of anilines is 1. The fraction of sp³-hybridized carbons (Fsp3) is 0.517. The molecule has 6 nitrogen and oxygen atoms in total. The molecule has 4 saturated carbocycles. The van der Waals surface area contributed by atoms with Gasteiger partial charge in [0.05, 0.1) is 11.0 Å². The Hall–Kier alpha value is -2.70. The van der Waals surface area contributed by atoms with Crippen molar-refractivity contribution in [2.75, 3.05) is 25.0 Å². The topological polar surface area (TPSA) is 98.7 Å². The molecule has 4 N–H and O–H groups in total. The van der Waals surface area contributed by atoms with Gasteiger partial charge in [0.25, 0.3) is 0 Å². The SMILES string of the molecule is CC1(CO)C2C3CC4C1C2C34C(=O)Nc1cc(C(=O)O)cc(-c2ccc(C3CCNCC3)cc2)c1. The van der Waals surface area contributed by atoms with E-state index in [1.807, 2.05) is 6.07 Å². The van der Waals surface area contributed by atoms with E-state index >= 15 is 0 Å². The Kier molecular flexibility index (Phi) is 4.42. The van der Waals surface area contributed by atoms with Gasteiger partial charge < -0.3 is 20.8 Å². The lowest BCUT2D eigenvalue weighted by Gasteiger charge is -2.95. The number of nitrogens with one attached hydrogen (secondary N) is 2. The van der Waals surface area contributed by atoms with Crippen LogP contribution in [0.15, 0.2) is 42.5 Å². The Labute approximate surface area is 205 Å². The summed E-state index contributed by atoms with van der Waals surface area (Å²) in [4.78, 5) is 25.4. The van der Waals surface area contributed by atoms with Gasteiger partial charge in [0.1, 0.15) is 0 Å². The first kappa shape index (κ1) is 21.6. The predicted molar refractivity (Wildman–Crippen MR) is 132 cm³/mol. The average Bonchev–Trinajstić information content (AvgIpc) is 2.88. The van der Waals surface area contributed by atoms with E-state index in [0.717, 1.165) is 43.5 Å². The number of carboxylic acid groups (broad SMARTS) is 1. The van der Waals surface area contributed by atoms with Crippen LogP contribution in [0.25, 0.3) is 11.1 Å². The van der Waals surface area contributed by atoms with Crippen molar-refractivity contribution in [2.45, 2.75) is 32.1 Å². The number of hydrogen-bond acceptors (Lipinski definition) is 4. The first-order chi connectivity index (χ1) is 16.9. The summed E-state index contributed by atoms with van der Waals surface area (Å²) in [5, 5.41) is 26.2. The summed E-state index contributed by atoms with van der Waals surface area (Å²) >= 11 is 0. The number of aliphatic hydroxyl groups is 1. The first-order valence-electron chi connectivity index (χ1n) is 13.0. The molecule has 7 rings (SSSR count). The number of carbonyl (C=O) groups excluding carboxylic acids is 1. The van der Waals surface area contributed by atoms with Crippen molar-refractivity contribution in [3.63, 3.8) is 0 Å². The maximum atomic E-state index is 13.5. The third kappa shape index (κ3) is 2.57. The van der Waals surface area contributed by atoms with Crippen molar-refractivity contribution < 1.29 is 19.8 Å². The molecule has 2 aromatic carbocycles. The normalized spacial score (nSPS) is 38.2. The van der Waals surface area contributed by atoms with Gasteiger partial charge >= 0.3 is 5.97 Å². The molecule has 182 valence electrons. The molecule has 5 aliphatic rings. The zero-order valence-corrected chi connectivity index (χ0v) is 20.0. The van der Waals surface area contributed by atoms with E-state index < -0.39 is 5.97 Å². The molecule has 0 spiro atoms. The van der Waals surface area contributed by atoms with Crippen LogP contribution in [-0.4, -0.2) is 41.8 Å². The molecule has 4 aliphatic carbocycles. The highest BCUT2D eigenvalue weighted by Crippen LogP contribution is 2.95. The largest absolute Gasteiger partial charge is 0.478 e.